The fourth-order valence-corrected chi connectivity index (χ4v) is 3.99. The van der Waals surface area contributed by atoms with Crippen LogP contribution in [0.5, 0.6) is 0 Å². The molecule has 1 aliphatic carbocycles. The van der Waals surface area contributed by atoms with Crippen molar-refractivity contribution in [2.45, 2.75) is 64.0 Å². The van der Waals surface area contributed by atoms with Gasteiger partial charge in [0.2, 0.25) is 0 Å². The summed E-state index contributed by atoms with van der Waals surface area (Å²) in [4.78, 5) is 13.5. The Labute approximate surface area is 201 Å². The Hall–Kier alpha value is -3.45. The van der Waals surface area contributed by atoms with E-state index in [0.29, 0.717) is 46.9 Å². The molecule has 0 aliphatic heterocycles. The zero-order valence-electron chi connectivity index (χ0n) is 20.0. The van der Waals surface area contributed by atoms with Crippen molar-refractivity contribution in [3.05, 3.63) is 52.6 Å². The topological polar surface area (TPSA) is 107 Å². The Kier molecular flexibility index (Phi) is 6.32. The van der Waals surface area contributed by atoms with Crippen molar-refractivity contribution in [3.8, 4) is 6.07 Å². The zero-order chi connectivity index (χ0) is 25.5. The van der Waals surface area contributed by atoms with E-state index in [-0.39, 0.29) is 12.1 Å². The summed E-state index contributed by atoms with van der Waals surface area (Å²) in [7, 11) is 0. The van der Waals surface area contributed by atoms with Gasteiger partial charge >= 0.3 is 0 Å². The van der Waals surface area contributed by atoms with Crippen LogP contribution in [0.15, 0.2) is 24.3 Å². The van der Waals surface area contributed by atoms with E-state index >= 15 is 0 Å². The summed E-state index contributed by atoms with van der Waals surface area (Å²) in [6.45, 7) is 6.88. The number of nitriles is 1. The van der Waals surface area contributed by atoms with Crippen molar-refractivity contribution in [3.63, 3.8) is 0 Å². The number of nitrogens with one attached hydrogen (secondary N) is 2. The molecule has 35 heavy (non-hydrogen) atoms. The van der Waals surface area contributed by atoms with Crippen molar-refractivity contribution in [1.29, 1.82) is 5.26 Å². The molecule has 7 nitrogen and oxygen atoms in total. The Morgan fingerprint density at radius 3 is 2.46 bits per heavy atom. The third-order valence-electron chi connectivity index (χ3n) is 6.08. The molecular weight excluding hydrogens is 457 g/mol. The average Bonchev–Trinajstić information content (AvgIpc) is 3.57. The number of nitrogens with zero attached hydrogens (tertiary/aromatic N) is 4. The number of hydrogen-bond donors (Lipinski definition) is 3. The second-order valence-corrected chi connectivity index (χ2v) is 9.65. The molecule has 2 heterocycles. The number of pyridine rings is 1. The molecule has 1 saturated carbocycles. The standard InChI is InChI=1S/C25H27F3N6O/c1-13(15-6-5-7-16(19(15)26)20(27)28)31-21-17-10-18(25(11-29)8-9-25)23(30-12-24(3,4)35)34-22(17)33-14(2)32-21/h5-7,10,13,20,35H,8-9,12H2,1-4H3,(H2,30,31,32,33,34)/t13-/m1/s1. The van der Waals surface area contributed by atoms with Crippen LogP contribution in [-0.2, 0) is 5.41 Å². The van der Waals surface area contributed by atoms with Crippen molar-refractivity contribution < 1.29 is 18.3 Å². The average molecular weight is 485 g/mol. The summed E-state index contributed by atoms with van der Waals surface area (Å²) in [6, 6.07) is 7.39. The maximum Gasteiger partial charge on any atom is 0.266 e. The minimum Gasteiger partial charge on any atom is -0.389 e. The molecule has 0 unspecified atom stereocenters. The van der Waals surface area contributed by atoms with Gasteiger partial charge in [-0.15, -0.1) is 0 Å². The fourth-order valence-electron chi connectivity index (χ4n) is 3.99. The van der Waals surface area contributed by atoms with E-state index in [1.54, 1.807) is 33.8 Å². The number of alkyl halides is 2. The fraction of sp³-hybridized carbons (Fsp3) is 0.440. The molecule has 0 saturated heterocycles. The molecule has 184 valence electrons. The highest BCUT2D eigenvalue weighted by molar-refractivity contribution is 5.89. The van der Waals surface area contributed by atoms with Gasteiger partial charge in [-0.2, -0.15) is 5.26 Å². The lowest BCUT2D eigenvalue weighted by molar-refractivity contribution is 0.0944. The maximum atomic E-state index is 14.7. The lowest BCUT2D eigenvalue weighted by atomic mass is 9.96. The third-order valence-corrected chi connectivity index (χ3v) is 6.08. The molecule has 1 aliphatic rings. The molecule has 10 heteroatoms. The summed E-state index contributed by atoms with van der Waals surface area (Å²) >= 11 is 0. The number of fused-ring (bicyclic) bond motifs is 1. The van der Waals surface area contributed by atoms with Crippen molar-refractivity contribution >= 4 is 22.7 Å². The summed E-state index contributed by atoms with van der Waals surface area (Å²) in [5.74, 6) is 0.268. The van der Waals surface area contributed by atoms with Crippen LogP contribution in [0.3, 0.4) is 0 Å². The van der Waals surface area contributed by atoms with Gasteiger partial charge in [0.25, 0.3) is 6.43 Å². The van der Waals surface area contributed by atoms with Crippen molar-refractivity contribution in [1.82, 2.24) is 15.0 Å². The minimum atomic E-state index is -2.92. The lowest BCUT2D eigenvalue weighted by Crippen LogP contribution is -2.30. The smallest absolute Gasteiger partial charge is 0.266 e. The van der Waals surface area contributed by atoms with Crippen LogP contribution in [0.1, 0.15) is 68.6 Å². The Morgan fingerprint density at radius 1 is 1.17 bits per heavy atom. The third kappa shape index (κ3) is 5.00. The largest absolute Gasteiger partial charge is 0.389 e. The predicted octanol–water partition coefficient (Wildman–Crippen LogP) is 5.32. The highest BCUT2D eigenvalue weighted by Crippen LogP contribution is 2.50. The number of aryl methyl sites for hydroxylation is 1. The number of halogens is 3. The summed E-state index contributed by atoms with van der Waals surface area (Å²) in [5.41, 5.74) is -1.25. The molecule has 0 spiro atoms. The summed E-state index contributed by atoms with van der Waals surface area (Å²) in [5, 5.41) is 26.8. The van der Waals surface area contributed by atoms with Gasteiger partial charge in [-0.05, 0) is 46.6 Å². The monoisotopic (exact) mass is 484 g/mol. The van der Waals surface area contributed by atoms with Gasteiger partial charge in [-0.1, -0.05) is 18.2 Å². The van der Waals surface area contributed by atoms with Crippen molar-refractivity contribution in [2.75, 3.05) is 17.2 Å². The molecule has 1 atom stereocenters. The van der Waals surface area contributed by atoms with Crippen LogP contribution in [0, 0.1) is 24.1 Å². The maximum absolute atomic E-state index is 14.7. The number of hydrogen-bond acceptors (Lipinski definition) is 7. The van der Waals surface area contributed by atoms with Crippen LogP contribution in [0.4, 0.5) is 24.8 Å². The molecule has 0 bridgehead atoms. The van der Waals surface area contributed by atoms with E-state index in [9.17, 15) is 23.5 Å². The van der Waals surface area contributed by atoms with Crippen LogP contribution in [0.25, 0.3) is 11.0 Å². The van der Waals surface area contributed by atoms with Crippen LogP contribution < -0.4 is 10.6 Å². The Bertz CT molecular complexity index is 1310. The molecule has 4 rings (SSSR count). The van der Waals surface area contributed by atoms with Gasteiger partial charge in [0, 0.05) is 17.7 Å². The number of anilines is 2. The first kappa shape index (κ1) is 24.7. The predicted molar refractivity (Wildman–Crippen MR) is 127 cm³/mol. The molecule has 0 radical (unpaired) electrons. The van der Waals surface area contributed by atoms with Crippen molar-refractivity contribution in [2.24, 2.45) is 0 Å². The zero-order valence-corrected chi connectivity index (χ0v) is 20.0. The van der Waals surface area contributed by atoms with Gasteiger partial charge in [-0.25, -0.2) is 28.1 Å². The van der Waals surface area contributed by atoms with E-state index in [4.69, 9.17) is 0 Å². The van der Waals surface area contributed by atoms with Gasteiger partial charge in [0.1, 0.15) is 23.3 Å². The number of benzene rings is 1. The van der Waals surface area contributed by atoms with Gasteiger partial charge in [0.05, 0.1) is 34.1 Å². The SMILES string of the molecule is Cc1nc(N[C@H](C)c2cccc(C(F)F)c2F)c2cc(C3(C#N)CC3)c(NCC(C)(C)O)nc2n1. The van der Waals surface area contributed by atoms with Gasteiger partial charge in [0.15, 0.2) is 5.65 Å². The molecule has 0 amide bonds. The first-order valence-electron chi connectivity index (χ1n) is 11.3. The number of aromatic nitrogens is 3. The Balaban J connectivity index is 1.79. The number of aliphatic hydroxyl groups is 1. The van der Waals surface area contributed by atoms with Crippen LogP contribution in [0.2, 0.25) is 0 Å². The second-order valence-electron chi connectivity index (χ2n) is 9.65. The van der Waals surface area contributed by atoms with Gasteiger partial charge in [-0.3, -0.25) is 0 Å². The first-order valence-corrected chi connectivity index (χ1v) is 11.3. The molecule has 1 fully saturated rings. The van der Waals surface area contributed by atoms with E-state index in [2.05, 4.69) is 31.7 Å². The molecule has 2 aromatic heterocycles. The van der Waals surface area contributed by atoms with Crippen LogP contribution in [-0.4, -0.2) is 32.2 Å². The molecule has 1 aromatic carbocycles. The lowest BCUT2D eigenvalue weighted by Gasteiger charge is -2.22. The Morgan fingerprint density at radius 2 is 1.86 bits per heavy atom. The van der Waals surface area contributed by atoms with E-state index in [1.165, 1.54) is 12.1 Å². The first-order chi connectivity index (χ1) is 16.4. The van der Waals surface area contributed by atoms with Gasteiger partial charge < -0.3 is 15.7 Å². The number of rotatable bonds is 8. The highest BCUT2D eigenvalue weighted by Gasteiger charge is 2.47. The minimum absolute atomic E-state index is 0.0829. The van der Waals surface area contributed by atoms with E-state index in [1.807, 2.05) is 0 Å². The normalized spacial score (nSPS) is 15.7. The summed E-state index contributed by atoms with van der Waals surface area (Å²) in [6.07, 6.45) is -1.58. The van der Waals surface area contributed by atoms with E-state index < -0.39 is 34.9 Å². The molecule has 3 N–H and O–H groups in total. The quantitative estimate of drug-likeness (QED) is 0.397. The van der Waals surface area contributed by atoms with E-state index in [0.717, 1.165) is 6.07 Å². The summed E-state index contributed by atoms with van der Waals surface area (Å²) < 4.78 is 41.1. The second kappa shape index (κ2) is 8.96. The molecular formula is C25H27F3N6O. The van der Waals surface area contributed by atoms with Crippen LogP contribution >= 0.6 is 0 Å². The molecule has 3 aromatic rings. The highest BCUT2D eigenvalue weighted by atomic mass is 19.3.